The maximum absolute atomic E-state index is 12.2. The monoisotopic (exact) mass is 291 g/mol. The molecule has 7 heteroatoms. The fraction of sp³-hybridized carbons (Fsp3) is 0.308. The van der Waals surface area contributed by atoms with Gasteiger partial charge in [-0.25, -0.2) is 0 Å². The smallest absolute Gasteiger partial charge is 0.264 e. The van der Waals surface area contributed by atoms with Crippen LogP contribution in [0.5, 0.6) is 0 Å². The molecule has 1 aromatic carbocycles. The van der Waals surface area contributed by atoms with E-state index in [2.05, 4.69) is 5.32 Å². The third kappa shape index (κ3) is 2.14. The quantitative estimate of drug-likeness (QED) is 0.475. The van der Waals surface area contributed by atoms with E-state index < -0.39 is 5.25 Å². The van der Waals surface area contributed by atoms with Crippen molar-refractivity contribution < 1.29 is 14.4 Å². The van der Waals surface area contributed by atoms with Crippen LogP contribution < -0.4 is 11.1 Å². The van der Waals surface area contributed by atoms with Gasteiger partial charge >= 0.3 is 0 Å². The SMILES string of the molecule is Nc1cccc2c1CN(SC1CCC(=O)NC1=O)C2=O. The summed E-state index contributed by atoms with van der Waals surface area (Å²) in [5, 5.41) is 1.88. The number of hydrogen-bond donors (Lipinski definition) is 2. The Balaban J connectivity index is 1.75. The van der Waals surface area contributed by atoms with Crippen LogP contribution in [-0.2, 0) is 16.1 Å². The number of rotatable bonds is 2. The molecule has 3 amide bonds. The average Bonchev–Trinajstić information content (AvgIpc) is 2.72. The maximum atomic E-state index is 12.2. The van der Waals surface area contributed by atoms with Gasteiger partial charge in [-0.2, -0.15) is 0 Å². The summed E-state index contributed by atoms with van der Waals surface area (Å²) in [6, 6.07) is 5.23. The Morgan fingerprint density at radius 2 is 2.10 bits per heavy atom. The molecule has 0 saturated carbocycles. The van der Waals surface area contributed by atoms with Crippen molar-refractivity contribution in [3.05, 3.63) is 29.3 Å². The highest BCUT2D eigenvalue weighted by Crippen LogP contribution is 2.35. The van der Waals surface area contributed by atoms with Crippen molar-refractivity contribution in [2.45, 2.75) is 24.6 Å². The molecule has 2 aliphatic heterocycles. The maximum Gasteiger partial charge on any atom is 0.264 e. The fourth-order valence-corrected chi connectivity index (χ4v) is 3.43. The zero-order valence-electron chi connectivity index (χ0n) is 10.6. The van der Waals surface area contributed by atoms with E-state index in [0.717, 1.165) is 5.56 Å². The van der Waals surface area contributed by atoms with Crippen molar-refractivity contribution in [1.29, 1.82) is 0 Å². The molecular weight excluding hydrogens is 278 g/mol. The largest absolute Gasteiger partial charge is 0.398 e. The third-order valence-corrected chi connectivity index (χ3v) is 4.67. The summed E-state index contributed by atoms with van der Waals surface area (Å²) in [5.74, 6) is -0.725. The van der Waals surface area contributed by atoms with Crippen LogP contribution in [0.25, 0.3) is 0 Å². The lowest BCUT2D eigenvalue weighted by Crippen LogP contribution is -2.43. The van der Waals surface area contributed by atoms with Gasteiger partial charge in [0.1, 0.15) is 5.25 Å². The van der Waals surface area contributed by atoms with Crippen LogP contribution >= 0.6 is 11.9 Å². The topological polar surface area (TPSA) is 92.5 Å². The zero-order chi connectivity index (χ0) is 14.3. The minimum Gasteiger partial charge on any atom is -0.398 e. The summed E-state index contributed by atoms with van der Waals surface area (Å²) in [5.41, 5.74) is 7.84. The first kappa shape index (κ1) is 13.0. The van der Waals surface area contributed by atoms with Crippen molar-refractivity contribution >= 4 is 35.4 Å². The summed E-state index contributed by atoms with van der Waals surface area (Å²) in [6.07, 6.45) is 0.755. The fourth-order valence-electron chi connectivity index (χ4n) is 2.34. The van der Waals surface area contributed by atoms with Crippen molar-refractivity contribution in [3.8, 4) is 0 Å². The van der Waals surface area contributed by atoms with Crippen LogP contribution in [0.3, 0.4) is 0 Å². The minimum absolute atomic E-state index is 0.137. The van der Waals surface area contributed by atoms with Gasteiger partial charge in [0.05, 0.1) is 6.54 Å². The Labute approximate surface area is 119 Å². The number of nitrogen functional groups attached to an aromatic ring is 1. The summed E-state index contributed by atoms with van der Waals surface area (Å²) in [6.45, 7) is 0.392. The van der Waals surface area contributed by atoms with Crippen LogP contribution in [0.15, 0.2) is 18.2 Å². The standard InChI is InChI=1S/C13H13N3O3S/c14-9-3-1-2-7-8(9)6-16(13(7)19)20-10-4-5-11(17)15-12(10)18/h1-3,10H,4-6,14H2,(H,15,17,18). The molecule has 0 aromatic heterocycles. The molecular formula is C13H13N3O3S. The second-order valence-electron chi connectivity index (χ2n) is 4.76. The molecule has 0 radical (unpaired) electrons. The van der Waals surface area contributed by atoms with Gasteiger partial charge < -0.3 is 5.73 Å². The van der Waals surface area contributed by atoms with Gasteiger partial charge in [0, 0.05) is 23.2 Å². The van der Waals surface area contributed by atoms with Gasteiger partial charge in [-0.15, -0.1) is 0 Å². The van der Waals surface area contributed by atoms with Gasteiger partial charge in [-0.05, 0) is 30.5 Å². The van der Waals surface area contributed by atoms with Gasteiger partial charge in [0.2, 0.25) is 11.8 Å². The predicted octanol–water partition coefficient (Wildman–Crippen LogP) is 0.678. The van der Waals surface area contributed by atoms with Crippen molar-refractivity contribution in [3.63, 3.8) is 0 Å². The van der Waals surface area contributed by atoms with Gasteiger partial charge in [-0.3, -0.25) is 24.0 Å². The number of imide groups is 1. The highest BCUT2D eigenvalue weighted by atomic mass is 32.2. The molecule has 0 bridgehead atoms. The third-order valence-electron chi connectivity index (χ3n) is 3.41. The number of carbonyl (C=O) groups excluding carboxylic acids is 3. The van der Waals surface area contributed by atoms with E-state index in [1.54, 1.807) is 22.5 Å². The first-order chi connectivity index (χ1) is 9.56. The minimum atomic E-state index is -0.410. The zero-order valence-corrected chi connectivity index (χ0v) is 11.4. The van der Waals surface area contributed by atoms with Gasteiger partial charge in [0.15, 0.2) is 0 Å². The number of piperidine rings is 1. The highest BCUT2D eigenvalue weighted by Gasteiger charge is 2.35. The molecule has 0 aliphatic carbocycles. The number of nitrogens with one attached hydrogen (secondary N) is 1. The van der Waals surface area contributed by atoms with E-state index in [1.165, 1.54) is 11.9 Å². The van der Waals surface area contributed by atoms with Crippen molar-refractivity contribution in [2.24, 2.45) is 0 Å². The molecule has 1 fully saturated rings. The molecule has 1 unspecified atom stereocenters. The first-order valence-corrected chi connectivity index (χ1v) is 7.09. The summed E-state index contributed by atoms with van der Waals surface area (Å²) >= 11 is 1.18. The first-order valence-electron chi connectivity index (χ1n) is 6.26. The molecule has 20 heavy (non-hydrogen) atoms. The molecule has 1 aromatic rings. The number of benzene rings is 1. The van der Waals surface area contributed by atoms with E-state index in [-0.39, 0.29) is 17.7 Å². The number of nitrogens with two attached hydrogens (primary N) is 1. The van der Waals surface area contributed by atoms with Crippen LogP contribution in [0, 0.1) is 0 Å². The van der Waals surface area contributed by atoms with Crippen LogP contribution in [0.2, 0.25) is 0 Å². The number of carbonyl (C=O) groups is 3. The molecule has 2 aliphatic rings. The molecule has 1 saturated heterocycles. The van der Waals surface area contributed by atoms with Crippen molar-refractivity contribution in [2.75, 3.05) is 5.73 Å². The second kappa shape index (κ2) is 4.82. The van der Waals surface area contributed by atoms with Crippen LogP contribution in [0.1, 0.15) is 28.8 Å². The number of hydrogen-bond acceptors (Lipinski definition) is 5. The number of nitrogens with zero attached hydrogens (tertiary/aromatic N) is 1. The average molecular weight is 291 g/mol. The van der Waals surface area contributed by atoms with Gasteiger partial charge in [0.25, 0.3) is 5.91 Å². The Bertz CT molecular complexity index is 617. The summed E-state index contributed by atoms with van der Waals surface area (Å²) in [7, 11) is 0. The number of fused-ring (bicyclic) bond motifs is 1. The van der Waals surface area contributed by atoms with Crippen LogP contribution in [0.4, 0.5) is 5.69 Å². The summed E-state index contributed by atoms with van der Waals surface area (Å²) in [4.78, 5) is 35.1. The van der Waals surface area contributed by atoms with Crippen LogP contribution in [-0.4, -0.2) is 27.3 Å². The molecule has 3 rings (SSSR count). The Morgan fingerprint density at radius 1 is 1.30 bits per heavy atom. The Morgan fingerprint density at radius 3 is 2.80 bits per heavy atom. The predicted molar refractivity (Wildman–Crippen MR) is 74.5 cm³/mol. The lowest BCUT2D eigenvalue weighted by atomic mass is 10.1. The molecule has 104 valence electrons. The molecule has 1 atom stereocenters. The number of anilines is 1. The molecule has 2 heterocycles. The normalized spacial score (nSPS) is 21.9. The van der Waals surface area contributed by atoms with E-state index in [9.17, 15) is 14.4 Å². The Hall–Kier alpha value is -2.02. The molecule has 0 spiro atoms. The molecule has 3 N–H and O–H groups in total. The Kier molecular flexibility index (Phi) is 3.13. The molecule has 6 nitrogen and oxygen atoms in total. The lowest BCUT2D eigenvalue weighted by Gasteiger charge is -2.24. The van der Waals surface area contributed by atoms with Crippen molar-refractivity contribution in [1.82, 2.24) is 9.62 Å². The van der Waals surface area contributed by atoms with E-state index >= 15 is 0 Å². The van der Waals surface area contributed by atoms with E-state index in [0.29, 0.717) is 30.6 Å². The second-order valence-corrected chi connectivity index (χ2v) is 5.98. The summed E-state index contributed by atoms with van der Waals surface area (Å²) < 4.78 is 1.54. The van der Waals surface area contributed by atoms with E-state index in [1.807, 2.05) is 0 Å². The van der Waals surface area contributed by atoms with E-state index in [4.69, 9.17) is 5.73 Å². The number of amides is 3. The highest BCUT2D eigenvalue weighted by molar-refractivity contribution is 7.98. The van der Waals surface area contributed by atoms with Gasteiger partial charge in [-0.1, -0.05) is 6.07 Å². The lowest BCUT2D eigenvalue weighted by molar-refractivity contribution is -0.132.